The standard InChI is InChI=1S/C16H15N3O/c1-2-19-14-11-7-6-10-13(14)15(18-19)16(20)17-12-8-4-3-5-9-12/h3-11H,2H2,1H3,(H,17,20). The van der Waals surface area contributed by atoms with E-state index in [2.05, 4.69) is 10.4 Å². The number of para-hydroxylation sites is 2. The Hall–Kier alpha value is -2.62. The second-order valence-electron chi connectivity index (χ2n) is 4.50. The van der Waals surface area contributed by atoms with Crippen molar-refractivity contribution in [2.24, 2.45) is 0 Å². The predicted molar refractivity (Wildman–Crippen MR) is 79.8 cm³/mol. The number of nitrogens with one attached hydrogen (secondary N) is 1. The van der Waals surface area contributed by atoms with Crippen molar-refractivity contribution >= 4 is 22.5 Å². The van der Waals surface area contributed by atoms with Crippen LogP contribution in [-0.2, 0) is 6.54 Å². The first kappa shape index (κ1) is 12.4. The van der Waals surface area contributed by atoms with Gasteiger partial charge in [0.15, 0.2) is 5.69 Å². The van der Waals surface area contributed by atoms with Gasteiger partial charge in [-0.05, 0) is 25.1 Å². The molecular formula is C16H15N3O. The molecule has 1 amide bonds. The van der Waals surface area contributed by atoms with Crippen molar-refractivity contribution in [1.82, 2.24) is 9.78 Å². The molecule has 100 valence electrons. The van der Waals surface area contributed by atoms with E-state index in [1.54, 1.807) is 0 Å². The molecule has 4 nitrogen and oxygen atoms in total. The number of benzene rings is 2. The summed E-state index contributed by atoms with van der Waals surface area (Å²) < 4.78 is 1.84. The van der Waals surface area contributed by atoms with E-state index in [-0.39, 0.29) is 5.91 Å². The monoisotopic (exact) mass is 265 g/mol. The van der Waals surface area contributed by atoms with Crippen LogP contribution in [0, 0.1) is 0 Å². The summed E-state index contributed by atoms with van der Waals surface area (Å²) in [7, 11) is 0. The highest BCUT2D eigenvalue weighted by molar-refractivity contribution is 6.11. The predicted octanol–water partition coefficient (Wildman–Crippen LogP) is 3.31. The summed E-state index contributed by atoms with van der Waals surface area (Å²) in [6, 6.07) is 17.2. The highest BCUT2D eigenvalue weighted by Gasteiger charge is 2.16. The summed E-state index contributed by atoms with van der Waals surface area (Å²) >= 11 is 0. The molecule has 1 N–H and O–H groups in total. The third-order valence-electron chi connectivity index (χ3n) is 3.20. The summed E-state index contributed by atoms with van der Waals surface area (Å²) in [6.45, 7) is 2.75. The third-order valence-corrected chi connectivity index (χ3v) is 3.20. The molecule has 0 fully saturated rings. The molecule has 0 unspecified atom stereocenters. The Labute approximate surface area is 117 Å². The van der Waals surface area contributed by atoms with Crippen molar-refractivity contribution < 1.29 is 4.79 Å². The first-order chi connectivity index (χ1) is 9.79. The van der Waals surface area contributed by atoms with Gasteiger partial charge in [0.05, 0.1) is 5.52 Å². The summed E-state index contributed by atoms with van der Waals surface area (Å²) in [6.07, 6.45) is 0. The number of rotatable bonds is 3. The normalized spacial score (nSPS) is 10.7. The molecular weight excluding hydrogens is 250 g/mol. The molecule has 1 heterocycles. The number of aryl methyl sites for hydroxylation is 1. The molecule has 1 aromatic heterocycles. The van der Waals surface area contributed by atoms with Gasteiger partial charge in [-0.1, -0.05) is 36.4 Å². The van der Waals surface area contributed by atoms with Crippen LogP contribution in [0.1, 0.15) is 17.4 Å². The minimum absolute atomic E-state index is 0.181. The van der Waals surface area contributed by atoms with E-state index in [0.29, 0.717) is 5.69 Å². The van der Waals surface area contributed by atoms with Gasteiger partial charge in [0.1, 0.15) is 0 Å². The zero-order valence-electron chi connectivity index (χ0n) is 11.2. The second kappa shape index (κ2) is 5.17. The smallest absolute Gasteiger partial charge is 0.276 e. The lowest BCUT2D eigenvalue weighted by molar-refractivity contribution is 0.102. The van der Waals surface area contributed by atoms with Crippen molar-refractivity contribution in [3.05, 3.63) is 60.3 Å². The highest BCUT2D eigenvalue weighted by Crippen LogP contribution is 2.19. The van der Waals surface area contributed by atoms with Gasteiger partial charge >= 0.3 is 0 Å². The number of carbonyl (C=O) groups is 1. The van der Waals surface area contributed by atoms with Crippen LogP contribution >= 0.6 is 0 Å². The maximum Gasteiger partial charge on any atom is 0.276 e. The van der Waals surface area contributed by atoms with Crippen molar-refractivity contribution in [2.75, 3.05) is 5.32 Å². The van der Waals surface area contributed by atoms with E-state index in [4.69, 9.17) is 0 Å². The number of anilines is 1. The highest BCUT2D eigenvalue weighted by atomic mass is 16.2. The average Bonchev–Trinajstić information content (AvgIpc) is 2.87. The molecule has 0 saturated carbocycles. The van der Waals surface area contributed by atoms with Gasteiger partial charge in [-0.25, -0.2) is 0 Å². The molecule has 0 saturated heterocycles. The van der Waals surface area contributed by atoms with E-state index in [1.807, 2.05) is 66.2 Å². The Bertz CT molecular complexity index is 747. The van der Waals surface area contributed by atoms with E-state index in [1.165, 1.54) is 0 Å². The lowest BCUT2D eigenvalue weighted by atomic mass is 10.2. The summed E-state index contributed by atoms with van der Waals surface area (Å²) in [4.78, 5) is 12.4. The molecule has 0 aliphatic heterocycles. The minimum atomic E-state index is -0.181. The molecule has 0 aliphatic carbocycles. The van der Waals surface area contributed by atoms with Crippen LogP contribution in [0.4, 0.5) is 5.69 Å². The van der Waals surface area contributed by atoms with Gasteiger partial charge in [0.25, 0.3) is 5.91 Å². The summed E-state index contributed by atoms with van der Waals surface area (Å²) in [5.74, 6) is -0.181. The fraction of sp³-hybridized carbons (Fsp3) is 0.125. The van der Waals surface area contributed by atoms with Crippen LogP contribution in [0.25, 0.3) is 10.9 Å². The number of nitrogens with zero attached hydrogens (tertiary/aromatic N) is 2. The lowest BCUT2D eigenvalue weighted by Crippen LogP contribution is -2.13. The van der Waals surface area contributed by atoms with Crippen LogP contribution in [0.15, 0.2) is 54.6 Å². The zero-order chi connectivity index (χ0) is 13.9. The first-order valence-corrected chi connectivity index (χ1v) is 6.61. The molecule has 20 heavy (non-hydrogen) atoms. The Morgan fingerprint density at radius 3 is 2.55 bits per heavy atom. The van der Waals surface area contributed by atoms with Gasteiger partial charge in [-0.2, -0.15) is 5.10 Å². The van der Waals surface area contributed by atoms with Gasteiger partial charge in [-0.3, -0.25) is 9.48 Å². The van der Waals surface area contributed by atoms with Crippen LogP contribution in [0.5, 0.6) is 0 Å². The number of amides is 1. The molecule has 2 aromatic carbocycles. The molecule has 0 bridgehead atoms. The van der Waals surface area contributed by atoms with Gasteiger partial charge in [-0.15, -0.1) is 0 Å². The van der Waals surface area contributed by atoms with Crippen LogP contribution < -0.4 is 5.32 Å². The summed E-state index contributed by atoms with van der Waals surface area (Å²) in [5.41, 5.74) is 2.21. The number of hydrogen-bond donors (Lipinski definition) is 1. The fourth-order valence-corrected chi connectivity index (χ4v) is 2.25. The molecule has 4 heteroatoms. The second-order valence-corrected chi connectivity index (χ2v) is 4.50. The molecule has 0 atom stereocenters. The lowest BCUT2D eigenvalue weighted by Gasteiger charge is -2.02. The number of hydrogen-bond acceptors (Lipinski definition) is 2. The Morgan fingerprint density at radius 1 is 1.10 bits per heavy atom. The Balaban J connectivity index is 2.00. The van der Waals surface area contributed by atoms with Crippen molar-refractivity contribution in [3.8, 4) is 0 Å². The summed E-state index contributed by atoms with van der Waals surface area (Å²) in [5, 5.41) is 8.16. The van der Waals surface area contributed by atoms with Gasteiger partial charge in [0, 0.05) is 17.6 Å². The maximum atomic E-state index is 12.4. The zero-order valence-corrected chi connectivity index (χ0v) is 11.2. The topological polar surface area (TPSA) is 46.9 Å². The van der Waals surface area contributed by atoms with Crippen molar-refractivity contribution in [1.29, 1.82) is 0 Å². The number of fused-ring (bicyclic) bond motifs is 1. The fourth-order valence-electron chi connectivity index (χ4n) is 2.25. The van der Waals surface area contributed by atoms with E-state index in [9.17, 15) is 4.79 Å². The van der Waals surface area contributed by atoms with Gasteiger partial charge < -0.3 is 5.32 Å². The van der Waals surface area contributed by atoms with Gasteiger partial charge in [0.2, 0.25) is 0 Å². The quantitative estimate of drug-likeness (QED) is 0.789. The van der Waals surface area contributed by atoms with E-state index < -0.39 is 0 Å². The van der Waals surface area contributed by atoms with Crippen LogP contribution in [0.2, 0.25) is 0 Å². The maximum absolute atomic E-state index is 12.4. The molecule has 0 radical (unpaired) electrons. The Morgan fingerprint density at radius 2 is 1.80 bits per heavy atom. The number of carbonyl (C=O) groups excluding carboxylic acids is 1. The van der Waals surface area contributed by atoms with Crippen molar-refractivity contribution in [3.63, 3.8) is 0 Å². The molecule has 0 aliphatic rings. The SMILES string of the molecule is CCn1nc(C(=O)Nc2ccccc2)c2ccccc21. The Kier molecular flexibility index (Phi) is 3.21. The van der Waals surface area contributed by atoms with E-state index in [0.717, 1.165) is 23.1 Å². The van der Waals surface area contributed by atoms with Crippen molar-refractivity contribution in [2.45, 2.75) is 13.5 Å². The molecule has 3 rings (SSSR count). The third kappa shape index (κ3) is 2.16. The number of aromatic nitrogens is 2. The first-order valence-electron chi connectivity index (χ1n) is 6.61. The molecule has 3 aromatic rings. The van der Waals surface area contributed by atoms with Crippen LogP contribution in [-0.4, -0.2) is 15.7 Å². The molecule has 0 spiro atoms. The van der Waals surface area contributed by atoms with Crippen LogP contribution in [0.3, 0.4) is 0 Å². The minimum Gasteiger partial charge on any atom is -0.321 e. The average molecular weight is 265 g/mol. The van der Waals surface area contributed by atoms with E-state index >= 15 is 0 Å². The largest absolute Gasteiger partial charge is 0.321 e.